The van der Waals surface area contributed by atoms with Gasteiger partial charge in [-0.1, -0.05) is 0 Å². The maximum atomic E-state index is 10.3. The van der Waals surface area contributed by atoms with Gasteiger partial charge in [-0.25, -0.2) is 4.85 Å². The lowest BCUT2D eigenvalue weighted by Crippen LogP contribution is -1.96. The Bertz CT molecular complexity index is 198. The van der Waals surface area contributed by atoms with Gasteiger partial charge in [0.25, 0.3) is 0 Å². The third kappa shape index (κ3) is 1.96. The maximum Gasteiger partial charge on any atom is 0.206 e. The molecule has 0 aliphatic carbocycles. The molecule has 3 heteroatoms. The number of allylic oxidation sites excluding steroid dienone is 2. The van der Waals surface area contributed by atoms with Crippen LogP contribution in [0.2, 0.25) is 0 Å². The first-order chi connectivity index (χ1) is 4.09. The summed E-state index contributed by atoms with van der Waals surface area (Å²) in [4.78, 5) is 13.2. The standard InChI is InChI=1S/C6H7NO2/c1-4(7-3)6(9)5(2)8/h9H,1-2H3/b6-4-. The molecular weight excluding hydrogens is 118 g/mol. The van der Waals surface area contributed by atoms with Gasteiger partial charge in [0.2, 0.25) is 5.70 Å². The van der Waals surface area contributed by atoms with E-state index in [2.05, 4.69) is 4.85 Å². The van der Waals surface area contributed by atoms with Gasteiger partial charge in [-0.15, -0.1) is 0 Å². The molecule has 0 rings (SSSR count). The largest absolute Gasteiger partial charge is 0.516 e. The van der Waals surface area contributed by atoms with Crippen LogP contribution in [-0.2, 0) is 4.79 Å². The van der Waals surface area contributed by atoms with Crippen LogP contribution in [0.15, 0.2) is 11.5 Å². The first kappa shape index (κ1) is 7.70. The van der Waals surface area contributed by atoms with Gasteiger partial charge in [0.15, 0.2) is 11.5 Å². The number of nitrogens with zero attached hydrogens (tertiary/aromatic N) is 1. The van der Waals surface area contributed by atoms with Gasteiger partial charge >= 0.3 is 0 Å². The van der Waals surface area contributed by atoms with Crippen LogP contribution in [-0.4, -0.2) is 10.9 Å². The van der Waals surface area contributed by atoms with Crippen LogP contribution >= 0.6 is 0 Å². The number of aliphatic hydroxyl groups is 1. The summed E-state index contributed by atoms with van der Waals surface area (Å²) >= 11 is 0. The Labute approximate surface area is 53.4 Å². The minimum atomic E-state index is -0.469. The van der Waals surface area contributed by atoms with E-state index in [1.165, 1.54) is 13.8 Å². The lowest BCUT2D eigenvalue weighted by atomic mass is 10.3. The molecule has 3 nitrogen and oxygen atoms in total. The molecule has 0 aliphatic rings. The number of hydrogen-bond acceptors (Lipinski definition) is 2. The molecule has 0 amide bonds. The van der Waals surface area contributed by atoms with Gasteiger partial charge in [0.05, 0.1) is 6.57 Å². The Hall–Kier alpha value is -1.30. The smallest absolute Gasteiger partial charge is 0.206 e. The van der Waals surface area contributed by atoms with E-state index >= 15 is 0 Å². The third-order valence-corrected chi connectivity index (χ3v) is 0.844. The molecule has 0 aliphatic heterocycles. The van der Waals surface area contributed by atoms with E-state index in [1.54, 1.807) is 0 Å². The Morgan fingerprint density at radius 3 is 2.11 bits per heavy atom. The predicted octanol–water partition coefficient (Wildman–Crippen LogP) is 1.28. The zero-order chi connectivity index (χ0) is 7.44. The first-order valence-electron chi connectivity index (χ1n) is 2.37. The zero-order valence-corrected chi connectivity index (χ0v) is 5.30. The van der Waals surface area contributed by atoms with Crippen LogP contribution < -0.4 is 0 Å². The van der Waals surface area contributed by atoms with Crippen LogP contribution in [0.25, 0.3) is 4.85 Å². The van der Waals surface area contributed by atoms with Gasteiger partial charge in [0.1, 0.15) is 0 Å². The summed E-state index contributed by atoms with van der Waals surface area (Å²) in [5.74, 6) is -0.909. The van der Waals surface area contributed by atoms with Crippen molar-refractivity contribution in [2.45, 2.75) is 13.8 Å². The first-order valence-corrected chi connectivity index (χ1v) is 2.37. The van der Waals surface area contributed by atoms with Crippen molar-refractivity contribution in [1.29, 1.82) is 0 Å². The van der Waals surface area contributed by atoms with E-state index in [4.69, 9.17) is 11.7 Å². The lowest BCUT2D eigenvalue weighted by Gasteiger charge is -1.90. The van der Waals surface area contributed by atoms with Crippen LogP contribution in [0.3, 0.4) is 0 Å². The van der Waals surface area contributed by atoms with Crippen LogP contribution in [0.1, 0.15) is 13.8 Å². The fourth-order valence-electron chi connectivity index (χ4n) is 0.308. The predicted molar refractivity (Wildman–Crippen MR) is 32.6 cm³/mol. The highest BCUT2D eigenvalue weighted by atomic mass is 16.3. The van der Waals surface area contributed by atoms with Crippen molar-refractivity contribution in [2.75, 3.05) is 0 Å². The number of Topliss-reactive ketones (excluding diaryl/α,β-unsaturated/α-hetero) is 1. The van der Waals surface area contributed by atoms with Crippen molar-refractivity contribution >= 4 is 5.78 Å². The van der Waals surface area contributed by atoms with Gasteiger partial charge < -0.3 is 5.11 Å². The van der Waals surface area contributed by atoms with E-state index in [9.17, 15) is 4.79 Å². The number of hydrogen-bond donors (Lipinski definition) is 1. The van der Waals surface area contributed by atoms with Crippen molar-refractivity contribution in [3.63, 3.8) is 0 Å². The van der Waals surface area contributed by atoms with Crippen molar-refractivity contribution in [2.24, 2.45) is 0 Å². The highest BCUT2D eigenvalue weighted by molar-refractivity contribution is 5.91. The van der Waals surface area contributed by atoms with E-state index in [0.717, 1.165) is 0 Å². The number of carbonyl (C=O) groups excluding carboxylic acids is 1. The van der Waals surface area contributed by atoms with Crippen molar-refractivity contribution in [1.82, 2.24) is 0 Å². The SMILES string of the molecule is [C-]#[N+]/C(C)=C(\O)C(C)=O. The van der Waals surface area contributed by atoms with Crippen molar-refractivity contribution in [3.8, 4) is 0 Å². The molecule has 0 unspecified atom stereocenters. The molecular formula is C6H7NO2. The van der Waals surface area contributed by atoms with Crippen LogP contribution in [0, 0.1) is 6.57 Å². The van der Waals surface area contributed by atoms with Gasteiger partial charge in [-0.05, 0) is 6.92 Å². The average molecular weight is 125 g/mol. The fourth-order valence-corrected chi connectivity index (χ4v) is 0.308. The Morgan fingerprint density at radius 2 is 2.00 bits per heavy atom. The second-order valence-corrected chi connectivity index (χ2v) is 1.60. The Kier molecular flexibility index (Phi) is 2.46. The van der Waals surface area contributed by atoms with E-state index in [0.29, 0.717) is 0 Å². The maximum absolute atomic E-state index is 10.3. The number of ketones is 1. The molecule has 48 valence electrons. The van der Waals surface area contributed by atoms with Gasteiger partial charge in [0, 0.05) is 6.92 Å². The Balaban J connectivity index is 4.54. The van der Waals surface area contributed by atoms with Crippen molar-refractivity contribution in [3.05, 3.63) is 22.9 Å². The average Bonchev–Trinajstić information content (AvgIpc) is 1.84. The summed E-state index contributed by atoms with van der Waals surface area (Å²) < 4.78 is 0. The summed E-state index contributed by atoms with van der Waals surface area (Å²) in [6.07, 6.45) is 0. The number of rotatable bonds is 1. The van der Waals surface area contributed by atoms with Gasteiger partial charge in [-0.3, -0.25) is 4.79 Å². The number of aliphatic hydroxyl groups excluding tert-OH is 1. The molecule has 0 bridgehead atoms. The summed E-state index contributed by atoms with van der Waals surface area (Å²) in [5, 5.41) is 8.71. The second kappa shape index (κ2) is 2.88. The summed E-state index contributed by atoms with van der Waals surface area (Å²) in [6, 6.07) is 0. The summed E-state index contributed by atoms with van der Waals surface area (Å²) in [6.45, 7) is 8.99. The van der Waals surface area contributed by atoms with E-state index in [1.807, 2.05) is 0 Å². The van der Waals surface area contributed by atoms with Gasteiger partial charge in [-0.2, -0.15) is 0 Å². The molecule has 0 aromatic rings. The molecule has 9 heavy (non-hydrogen) atoms. The molecule has 0 atom stereocenters. The number of carbonyl (C=O) groups is 1. The Morgan fingerprint density at radius 1 is 1.56 bits per heavy atom. The van der Waals surface area contributed by atoms with Crippen molar-refractivity contribution < 1.29 is 9.90 Å². The topological polar surface area (TPSA) is 41.7 Å². The third-order valence-electron chi connectivity index (χ3n) is 0.844. The fraction of sp³-hybridized carbons (Fsp3) is 0.333. The van der Waals surface area contributed by atoms with Crippen LogP contribution in [0.4, 0.5) is 0 Å². The highest BCUT2D eigenvalue weighted by Gasteiger charge is 2.03. The van der Waals surface area contributed by atoms with E-state index < -0.39 is 11.5 Å². The second-order valence-electron chi connectivity index (χ2n) is 1.60. The molecule has 0 fully saturated rings. The molecule has 0 radical (unpaired) electrons. The molecule has 0 spiro atoms. The molecule has 0 saturated carbocycles. The quantitative estimate of drug-likeness (QED) is 0.326. The minimum Gasteiger partial charge on any atom is -0.516 e. The summed E-state index contributed by atoms with van der Waals surface area (Å²) in [5.41, 5.74) is 0.0440. The normalized spacial score (nSPS) is 11.7. The molecule has 0 aromatic carbocycles. The van der Waals surface area contributed by atoms with Crippen LogP contribution in [0.5, 0.6) is 0 Å². The minimum absolute atomic E-state index is 0.0440. The monoisotopic (exact) mass is 125 g/mol. The van der Waals surface area contributed by atoms with E-state index in [-0.39, 0.29) is 5.70 Å². The lowest BCUT2D eigenvalue weighted by molar-refractivity contribution is -0.116. The molecule has 0 aromatic heterocycles. The summed E-state index contributed by atoms with van der Waals surface area (Å²) in [7, 11) is 0. The molecule has 1 N–H and O–H groups in total. The zero-order valence-electron chi connectivity index (χ0n) is 5.30. The molecule has 0 saturated heterocycles. The highest BCUT2D eigenvalue weighted by Crippen LogP contribution is 2.01. The molecule has 0 heterocycles.